The fraction of sp³-hybridized carbons (Fsp3) is 0.188. The Bertz CT molecular complexity index is 761. The Labute approximate surface area is 134 Å². The van der Waals surface area contributed by atoms with Gasteiger partial charge >= 0.3 is 0 Å². The molecule has 0 saturated heterocycles. The molecule has 1 aromatic carbocycles. The summed E-state index contributed by atoms with van der Waals surface area (Å²) in [6.45, 7) is 0.605. The Hall–Kier alpha value is -2.54. The highest BCUT2D eigenvalue weighted by Crippen LogP contribution is 2.15. The maximum absolute atomic E-state index is 11.5. The zero-order valence-corrected chi connectivity index (χ0v) is 13.4. The van der Waals surface area contributed by atoms with Crippen LogP contribution < -0.4 is 10.1 Å². The molecule has 0 aliphatic rings. The molecule has 0 saturated carbocycles. The Morgan fingerprint density at radius 3 is 2.61 bits per heavy atom. The standard InChI is InChI=1S/C16H17NO5S/c1-23(19,20)15-7-4-14(5-8-15)22-12-10-17-16(18)9-6-13-3-2-11-21-13/h2-9,11H,10,12H2,1H3,(H,17,18)/b9-6+. The quantitative estimate of drug-likeness (QED) is 0.617. The number of ether oxygens (including phenoxy) is 1. The molecular weight excluding hydrogens is 318 g/mol. The van der Waals surface area contributed by atoms with Crippen LogP contribution in [0.4, 0.5) is 0 Å². The molecule has 1 heterocycles. The lowest BCUT2D eigenvalue weighted by Gasteiger charge is -2.07. The average molecular weight is 335 g/mol. The first kappa shape index (κ1) is 16.8. The van der Waals surface area contributed by atoms with E-state index in [4.69, 9.17) is 9.15 Å². The second-order valence-corrected chi connectivity index (χ2v) is 6.75. The van der Waals surface area contributed by atoms with Crippen molar-refractivity contribution >= 4 is 21.8 Å². The highest BCUT2D eigenvalue weighted by molar-refractivity contribution is 7.90. The summed E-state index contributed by atoms with van der Waals surface area (Å²) in [5.41, 5.74) is 0. The number of carbonyl (C=O) groups excluding carboxylic acids is 1. The van der Waals surface area contributed by atoms with Crippen LogP contribution in [-0.4, -0.2) is 33.7 Å². The second kappa shape index (κ2) is 7.64. The molecule has 1 aromatic heterocycles. The van der Waals surface area contributed by atoms with Crippen LogP contribution in [0.25, 0.3) is 6.08 Å². The van der Waals surface area contributed by atoms with E-state index in [1.54, 1.807) is 30.3 Å². The Morgan fingerprint density at radius 2 is 2.00 bits per heavy atom. The van der Waals surface area contributed by atoms with Gasteiger partial charge in [0.1, 0.15) is 18.1 Å². The van der Waals surface area contributed by atoms with Crippen LogP contribution >= 0.6 is 0 Å². The maximum Gasteiger partial charge on any atom is 0.244 e. The van der Waals surface area contributed by atoms with Gasteiger partial charge in [-0.25, -0.2) is 8.42 Å². The van der Waals surface area contributed by atoms with E-state index in [9.17, 15) is 13.2 Å². The van der Waals surface area contributed by atoms with Crippen LogP contribution in [0, 0.1) is 0 Å². The normalized spacial score (nSPS) is 11.5. The van der Waals surface area contributed by atoms with Crippen molar-refractivity contribution in [1.29, 1.82) is 0 Å². The third-order valence-electron chi connectivity index (χ3n) is 2.86. The summed E-state index contributed by atoms with van der Waals surface area (Å²) >= 11 is 0. The minimum absolute atomic E-state index is 0.237. The van der Waals surface area contributed by atoms with Gasteiger partial charge in [-0.3, -0.25) is 4.79 Å². The fourth-order valence-electron chi connectivity index (χ4n) is 1.73. The van der Waals surface area contributed by atoms with Gasteiger partial charge in [-0.2, -0.15) is 0 Å². The zero-order valence-electron chi connectivity index (χ0n) is 12.6. The first-order valence-electron chi connectivity index (χ1n) is 6.87. The van der Waals surface area contributed by atoms with Crippen molar-refractivity contribution in [1.82, 2.24) is 5.32 Å². The molecule has 122 valence electrons. The summed E-state index contributed by atoms with van der Waals surface area (Å²) in [4.78, 5) is 11.8. The molecule has 1 amide bonds. The first-order valence-corrected chi connectivity index (χ1v) is 8.76. The Balaban J connectivity index is 1.72. The average Bonchev–Trinajstić information content (AvgIpc) is 3.02. The number of rotatable bonds is 7. The molecular formula is C16H17NO5S. The first-order chi connectivity index (χ1) is 10.9. The van der Waals surface area contributed by atoms with Gasteiger partial charge in [-0.05, 0) is 42.5 Å². The van der Waals surface area contributed by atoms with Gasteiger partial charge in [0.05, 0.1) is 17.7 Å². The van der Waals surface area contributed by atoms with E-state index in [0.29, 0.717) is 18.1 Å². The monoisotopic (exact) mass is 335 g/mol. The number of benzene rings is 1. The molecule has 6 nitrogen and oxygen atoms in total. The van der Waals surface area contributed by atoms with Crippen LogP contribution in [-0.2, 0) is 14.6 Å². The Kier molecular flexibility index (Phi) is 5.59. The predicted octanol–water partition coefficient (Wildman–Crippen LogP) is 1.89. The summed E-state index contributed by atoms with van der Waals surface area (Å²) in [7, 11) is -3.21. The third kappa shape index (κ3) is 5.63. The summed E-state index contributed by atoms with van der Waals surface area (Å²) < 4.78 is 33.1. The molecule has 0 atom stereocenters. The minimum Gasteiger partial charge on any atom is -0.492 e. The number of sulfone groups is 1. The SMILES string of the molecule is CS(=O)(=O)c1ccc(OCCNC(=O)/C=C/c2ccco2)cc1. The highest BCUT2D eigenvalue weighted by atomic mass is 32.2. The molecule has 0 fully saturated rings. The molecule has 1 N–H and O–H groups in total. The molecule has 2 rings (SSSR count). The molecule has 0 unspecified atom stereocenters. The molecule has 0 spiro atoms. The lowest BCUT2D eigenvalue weighted by atomic mass is 10.3. The van der Waals surface area contributed by atoms with Gasteiger partial charge in [0.15, 0.2) is 9.84 Å². The van der Waals surface area contributed by atoms with E-state index < -0.39 is 9.84 Å². The molecule has 7 heteroatoms. The number of hydrogen-bond donors (Lipinski definition) is 1. The van der Waals surface area contributed by atoms with Gasteiger partial charge in [-0.15, -0.1) is 0 Å². The lowest BCUT2D eigenvalue weighted by Crippen LogP contribution is -2.26. The number of furan rings is 1. The molecule has 0 radical (unpaired) electrons. The van der Waals surface area contributed by atoms with Crippen LogP contribution in [0.5, 0.6) is 5.75 Å². The summed E-state index contributed by atoms with van der Waals surface area (Å²) in [5, 5.41) is 2.66. The number of carbonyl (C=O) groups is 1. The molecule has 0 aliphatic carbocycles. The van der Waals surface area contributed by atoms with Gasteiger partial charge < -0.3 is 14.5 Å². The second-order valence-electron chi connectivity index (χ2n) is 4.73. The molecule has 2 aromatic rings. The van der Waals surface area contributed by atoms with Crippen molar-refractivity contribution in [3.8, 4) is 5.75 Å². The van der Waals surface area contributed by atoms with Crippen molar-refractivity contribution in [2.75, 3.05) is 19.4 Å². The maximum atomic E-state index is 11.5. The van der Waals surface area contributed by atoms with Crippen LogP contribution in [0.1, 0.15) is 5.76 Å². The van der Waals surface area contributed by atoms with E-state index in [1.807, 2.05) is 0 Å². The third-order valence-corrected chi connectivity index (χ3v) is 3.99. The van der Waals surface area contributed by atoms with Crippen molar-refractivity contribution in [2.24, 2.45) is 0 Å². The summed E-state index contributed by atoms with van der Waals surface area (Å²) in [6, 6.07) is 9.60. The van der Waals surface area contributed by atoms with Crippen LogP contribution in [0.15, 0.2) is 58.1 Å². The predicted molar refractivity (Wildman–Crippen MR) is 85.8 cm³/mol. The van der Waals surface area contributed by atoms with Gasteiger partial charge in [0.2, 0.25) is 5.91 Å². The van der Waals surface area contributed by atoms with E-state index >= 15 is 0 Å². The van der Waals surface area contributed by atoms with Crippen molar-refractivity contribution in [3.05, 3.63) is 54.5 Å². The zero-order chi connectivity index (χ0) is 16.7. The molecule has 0 bridgehead atoms. The van der Waals surface area contributed by atoms with Gasteiger partial charge in [0.25, 0.3) is 0 Å². The molecule has 0 aliphatic heterocycles. The smallest absolute Gasteiger partial charge is 0.244 e. The van der Waals surface area contributed by atoms with Gasteiger partial charge in [-0.1, -0.05) is 0 Å². The van der Waals surface area contributed by atoms with E-state index in [1.165, 1.54) is 24.5 Å². The highest BCUT2D eigenvalue weighted by Gasteiger charge is 2.06. The largest absolute Gasteiger partial charge is 0.492 e. The number of nitrogens with one attached hydrogen (secondary N) is 1. The van der Waals surface area contributed by atoms with Crippen LogP contribution in [0.3, 0.4) is 0 Å². The van der Waals surface area contributed by atoms with Crippen molar-refractivity contribution in [2.45, 2.75) is 4.90 Å². The van der Waals surface area contributed by atoms with Gasteiger partial charge in [0, 0.05) is 12.3 Å². The number of amides is 1. The van der Waals surface area contributed by atoms with Crippen LogP contribution in [0.2, 0.25) is 0 Å². The van der Waals surface area contributed by atoms with E-state index in [0.717, 1.165) is 6.26 Å². The van der Waals surface area contributed by atoms with E-state index in [-0.39, 0.29) is 17.4 Å². The topological polar surface area (TPSA) is 85.6 Å². The summed E-state index contributed by atoms with van der Waals surface area (Å²) in [5.74, 6) is 0.887. The summed E-state index contributed by atoms with van der Waals surface area (Å²) in [6.07, 6.45) is 5.62. The van der Waals surface area contributed by atoms with Crippen molar-refractivity contribution < 1.29 is 22.4 Å². The Morgan fingerprint density at radius 1 is 1.26 bits per heavy atom. The lowest BCUT2D eigenvalue weighted by molar-refractivity contribution is -0.116. The van der Waals surface area contributed by atoms with Crippen molar-refractivity contribution in [3.63, 3.8) is 0 Å². The molecule has 23 heavy (non-hydrogen) atoms. The minimum atomic E-state index is -3.21. The fourth-order valence-corrected chi connectivity index (χ4v) is 2.36. The number of hydrogen-bond acceptors (Lipinski definition) is 5. The van der Waals surface area contributed by atoms with E-state index in [2.05, 4.69) is 5.32 Å².